The van der Waals surface area contributed by atoms with Crippen LogP contribution in [0.3, 0.4) is 0 Å². The van der Waals surface area contributed by atoms with Crippen molar-refractivity contribution in [3.63, 3.8) is 0 Å². The van der Waals surface area contributed by atoms with Crippen LogP contribution in [0.5, 0.6) is 0 Å². The highest BCUT2D eigenvalue weighted by molar-refractivity contribution is 7.13. The maximum Gasteiger partial charge on any atom is 0.231 e. The van der Waals surface area contributed by atoms with Crippen molar-refractivity contribution < 1.29 is 4.52 Å². The van der Waals surface area contributed by atoms with Crippen molar-refractivity contribution in [2.24, 2.45) is 5.92 Å². The molecule has 2 aromatic rings. The van der Waals surface area contributed by atoms with Crippen LogP contribution in [0.25, 0.3) is 10.4 Å². The van der Waals surface area contributed by atoms with Crippen LogP contribution >= 0.6 is 11.3 Å². The molecule has 2 heterocycles. The van der Waals surface area contributed by atoms with Crippen LogP contribution in [0.15, 0.2) is 22.0 Å². The average molecular weight is 276 g/mol. The Hall–Kier alpha value is -1.29. The Morgan fingerprint density at radius 2 is 2.05 bits per heavy atom. The van der Waals surface area contributed by atoms with Crippen LogP contribution in [0, 0.1) is 5.92 Å². The Labute approximate surface area is 117 Å². The van der Waals surface area contributed by atoms with Gasteiger partial charge < -0.3 is 10.3 Å². The first-order valence-corrected chi connectivity index (χ1v) is 8.00. The summed E-state index contributed by atoms with van der Waals surface area (Å²) in [5.41, 5.74) is 8.02. The highest BCUT2D eigenvalue weighted by atomic mass is 32.1. The van der Waals surface area contributed by atoms with E-state index in [0.717, 1.165) is 23.6 Å². The zero-order chi connectivity index (χ0) is 13.1. The lowest BCUT2D eigenvalue weighted by atomic mass is 9.93. The predicted molar refractivity (Wildman–Crippen MR) is 79.1 cm³/mol. The van der Waals surface area contributed by atoms with Crippen LogP contribution < -0.4 is 5.73 Å². The fourth-order valence-electron chi connectivity index (χ4n) is 3.00. The number of rotatable bonds is 3. The smallest absolute Gasteiger partial charge is 0.231 e. The second-order valence-electron chi connectivity index (χ2n) is 5.41. The van der Waals surface area contributed by atoms with Crippen molar-refractivity contribution >= 4 is 17.2 Å². The minimum absolute atomic E-state index is 0.464. The number of nitrogens with zero attached hydrogens (tertiary/aromatic N) is 1. The Morgan fingerprint density at radius 1 is 1.26 bits per heavy atom. The van der Waals surface area contributed by atoms with E-state index in [1.165, 1.54) is 43.4 Å². The van der Waals surface area contributed by atoms with Crippen LogP contribution in [0.2, 0.25) is 0 Å². The summed E-state index contributed by atoms with van der Waals surface area (Å²) in [5, 5.41) is 6.27. The Morgan fingerprint density at radius 3 is 2.74 bits per heavy atom. The maximum atomic E-state index is 5.95. The number of hydrogen-bond acceptors (Lipinski definition) is 4. The quantitative estimate of drug-likeness (QED) is 0.840. The summed E-state index contributed by atoms with van der Waals surface area (Å²) in [6, 6.07) is 4.13. The van der Waals surface area contributed by atoms with Crippen LogP contribution in [0.1, 0.15) is 44.2 Å². The monoisotopic (exact) mass is 276 g/mol. The molecule has 0 atom stereocenters. The molecular weight excluding hydrogens is 256 g/mol. The zero-order valence-electron chi connectivity index (χ0n) is 11.1. The fourth-order valence-corrected chi connectivity index (χ4v) is 3.80. The van der Waals surface area contributed by atoms with E-state index in [-0.39, 0.29) is 0 Å². The molecule has 0 aromatic carbocycles. The van der Waals surface area contributed by atoms with Crippen molar-refractivity contribution in [3.8, 4) is 10.4 Å². The molecule has 3 nitrogen and oxygen atoms in total. The molecule has 2 N–H and O–H groups in total. The van der Waals surface area contributed by atoms with E-state index in [0.29, 0.717) is 5.88 Å². The topological polar surface area (TPSA) is 52.0 Å². The molecule has 1 fully saturated rings. The first-order chi connectivity index (χ1) is 9.34. The summed E-state index contributed by atoms with van der Waals surface area (Å²) in [6.45, 7) is 0. The van der Waals surface area contributed by atoms with E-state index in [1.807, 2.05) is 6.07 Å². The summed E-state index contributed by atoms with van der Waals surface area (Å²) < 4.78 is 5.23. The summed E-state index contributed by atoms with van der Waals surface area (Å²) in [4.78, 5) is 1.17. The number of nitrogens with two attached hydrogens (primary N) is 1. The Balaban J connectivity index is 1.81. The molecule has 0 unspecified atom stereocenters. The maximum absolute atomic E-state index is 5.95. The van der Waals surface area contributed by atoms with Crippen molar-refractivity contribution in [2.45, 2.75) is 44.9 Å². The van der Waals surface area contributed by atoms with E-state index < -0.39 is 0 Å². The van der Waals surface area contributed by atoms with Gasteiger partial charge in [-0.05, 0) is 23.8 Å². The van der Waals surface area contributed by atoms with Gasteiger partial charge in [0.05, 0.1) is 11.3 Å². The van der Waals surface area contributed by atoms with E-state index in [4.69, 9.17) is 10.3 Å². The highest BCUT2D eigenvalue weighted by Gasteiger charge is 2.21. The van der Waals surface area contributed by atoms with Gasteiger partial charge in [-0.25, -0.2) is 0 Å². The first kappa shape index (κ1) is 12.7. The minimum Gasteiger partial charge on any atom is -0.367 e. The molecule has 0 radical (unpaired) electrons. The molecule has 4 heteroatoms. The van der Waals surface area contributed by atoms with Crippen molar-refractivity contribution in [2.75, 3.05) is 5.73 Å². The standard InChI is InChI=1S/C15H20N2OS/c16-15-14(13-8-5-9-19-13)12(17-18-15)10-11-6-3-1-2-4-7-11/h5,8-9,11H,1-4,6-7,10,16H2. The third-order valence-corrected chi connectivity index (χ3v) is 4.90. The molecule has 0 bridgehead atoms. The second kappa shape index (κ2) is 5.78. The van der Waals surface area contributed by atoms with Gasteiger partial charge in [-0.3, -0.25) is 0 Å². The zero-order valence-corrected chi connectivity index (χ0v) is 11.9. The predicted octanol–water partition coefficient (Wildman–Crippen LogP) is 4.50. The minimum atomic E-state index is 0.464. The molecular formula is C15H20N2OS. The van der Waals surface area contributed by atoms with Crippen LogP contribution in [-0.2, 0) is 6.42 Å². The molecule has 102 valence electrons. The van der Waals surface area contributed by atoms with Gasteiger partial charge in [0.1, 0.15) is 0 Å². The van der Waals surface area contributed by atoms with Crippen LogP contribution in [0.4, 0.5) is 5.88 Å². The van der Waals surface area contributed by atoms with Crippen molar-refractivity contribution in [3.05, 3.63) is 23.2 Å². The van der Waals surface area contributed by atoms with Gasteiger partial charge in [-0.1, -0.05) is 49.7 Å². The molecule has 1 aliphatic rings. The van der Waals surface area contributed by atoms with Gasteiger partial charge in [0, 0.05) is 4.88 Å². The summed E-state index contributed by atoms with van der Waals surface area (Å²) in [5.74, 6) is 1.21. The van der Waals surface area contributed by atoms with Gasteiger partial charge >= 0.3 is 0 Å². The van der Waals surface area contributed by atoms with E-state index in [2.05, 4.69) is 16.6 Å². The van der Waals surface area contributed by atoms with Crippen molar-refractivity contribution in [1.29, 1.82) is 0 Å². The molecule has 1 aliphatic carbocycles. The number of thiophene rings is 1. The van der Waals surface area contributed by atoms with Gasteiger partial charge in [0.2, 0.25) is 5.88 Å². The Kier molecular flexibility index (Phi) is 3.87. The van der Waals surface area contributed by atoms with Gasteiger partial charge in [0.25, 0.3) is 0 Å². The average Bonchev–Trinajstić information content (AvgIpc) is 2.95. The van der Waals surface area contributed by atoms with E-state index in [9.17, 15) is 0 Å². The lowest BCUT2D eigenvalue weighted by Gasteiger charge is -2.12. The summed E-state index contributed by atoms with van der Waals surface area (Å²) >= 11 is 1.70. The number of nitrogen functional groups attached to an aromatic ring is 1. The lowest BCUT2D eigenvalue weighted by Crippen LogP contribution is -2.04. The normalized spacial score (nSPS) is 17.5. The summed E-state index contributed by atoms with van der Waals surface area (Å²) in [7, 11) is 0. The van der Waals surface area contributed by atoms with Crippen molar-refractivity contribution in [1.82, 2.24) is 5.16 Å². The lowest BCUT2D eigenvalue weighted by molar-refractivity contribution is 0.403. The second-order valence-corrected chi connectivity index (χ2v) is 6.36. The molecule has 0 aliphatic heterocycles. The third kappa shape index (κ3) is 2.84. The molecule has 0 saturated heterocycles. The van der Waals surface area contributed by atoms with Gasteiger partial charge in [-0.15, -0.1) is 11.3 Å². The molecule has 19 heavy (non-hydrogen) atoms. The Bertz CT molecular complexity index is 510. The molecule has 3 rings (SSSR count). The number of aromatic nitrogens is 1. The van der Waals surface area contributed by atoms with Gasteiger partial charge in [0.15, 0.2) is 0 Å². The largest absolute Gasteiger partial charge is 0.367 e. The van der Waals surface area contributed by atoms with Gasteiger partial charge in [-0.2, -0.15) is 0 Å². The van der Waals surface area contributed by atoms with Crippen LogP contribution in [-0.4, -0.2) is 5.16 Å². The highest BCUT2D eigenvalue weighted by Crippen LogP contribution is 2.36. The van der Waals surface area contributed by atoms with E-state index in [1.54, 1.807) is 11.3 Å². The van der Waals surface area contributed by atoms with E-state index >= 15 is 0 Å². The molecule has 1 saturated carbocycles. The molecule has 0 spiro atoms. The molecule has 2 aromatic heterocycles. The number of hydrogen-bond donors (Lipinski definition) is 1. The first-order valence-electron chi connectivity index (χ1n) is 7.12. The number of anilines is 1. The fraction of sp³-hybridized carbons (Fsp3) is 0.533. The SMILES string of the molecule is Nc1onc(CC2CCCCCC2)c1-c1cccs1. The molecule has 0 amide bonds. The summed E-state index contributed by atoms with van der Waals surface area (Å²) in [6.07, 6.45) is 9.12. The third-order valence-electron chi connectivity index (χ3n) is 4.01.